The van der Waals surface area contributed by atoms with E-state index in [1.807, 2.05) is 30.3 Å². The van der Waals surface area contributed by atoms with Crippen molar-refractivity contribution in [2.24, 2.45) is 5.10 Å². The van der Waals surface area contributed by atoms with E-state index >= 15 is 0 Å². The van der Waals surface area contributed by atoms with Gasteiger partial charge in [-0.25, -0.2) is 5.43 Å². The van der Waals surface area contributed by atoms with Gasteiger partial charge in [0.05, 0.1) is 6.21 Å². The minimum absolute atomic E-state index is 0.140. The number of aromatic hydroxyl groups is 1. The van der Waals surface area contributed by atoms with Crippen molar-refractivity contribution in [2.45, 2.75) is 6.54 Å². The summed E-state index contributed by atoms with van der Waals surface area (Å²) in [6, 6.07) is 15.5. The van der Waals surface area contributed by atoms with Crippen molar-refractivity contribution in [3.05, 3.63) is 65.7 Å². The maximum Gasteiger partial charge on any atom is 0.329 e. The van der Waals surface area contributed by atoms with Gasteiger partial charge in [-0.3, -0.25) is 9.59 Å². The number of carbonyl (C=O) groups is 2. The molecule has 0 aliphatic rings. The van der Waals surface area contributed by atoms with Crippen molar-refractivity contribution in [2.75, 3.05) is 0 Å². The lowest BCUT2D eigenvalue weighted by molar-refractivity contribution is -0.139. The fourth-order valence-electron chi connectivity index (χ4n) is 1.64. The molecule has 2 aromatic carbocycles. The molecular formula is C16H15N3O3. The number of nitrogens with zero attached hydrogens (tertiary/aromatic N) is 1. The fourth-order valence-corrected chi connectivity index (χ4v) is 1.64. The summed E-state index contributed by atoms with van der Waals surface area (Å²) in [6.45, 7) is 0.273. The molecule has 22 heavy (non-hydrogen) atoms. The Bertz CT molecular complexity index is 667. The second-order valence-electron chi connectivity index (χ2n) is 4.46. The van der Waals surface area contributed by atoms with E-state index in [0.29, 0.717) is 5.56 Å². The summed E-state index contributed by atoms with van der Waals surface area (Å²) in [5.74, 6) is -1.46. The van der Waals surface area contributed by atoms with Gasteiger partial charge >= 0.3 is 11.8 Å². The van der Waals surface area contributed by atoms with Gasteiger partial charge in [0.2, 0.25) is 0 Å². The topological polar surface area (TPSA) is 90.8 Å². The molecule has 112 valence electrons. The minimum Gasteiger partial charge on any atom is -0.508 e. The predicted octanol–water partition coefficient (Wildman–Crippen LogP) is 1.16. The van der Waals surface area contributed by atoms with Crippen LogP contribution in [0.1, 0.15) is 11.1 Å². The van der Waals surface area contributed by atoms with E-state index in [-0.39, 0.29) is 12.3 Å². The van der Waals surface area contributed by atoms with Crippen LogP contribution >= 0.6 is 0 Å². The number of amides is 2. The predicted molar refractivity (Wildman–Crippen MR) is 82.1 cm³/mol. The third-order valence-electron chi connectivity index (χ3n) is 2.77. The first-order valence-electron chi connectivity index (χ1n) is 6.59. The second-order valence-corrected chi connectivity index (χ2v) is 4.46. The van der Waals surface area contributed by atoms with Gasteiger partial charge in [-0.15, -0.1) is 0 Å². The zero-order valence-electron chi connectivity index (χ0n) is 11.7. The van der Waals surface area contributed by atoms with Crippen molar-refractivity contribution in [1.29, 1.82) is 0 Å². The van der Waals surface area contributed by atoms with Crippen LogP contribution in [0.25, 0.3) is 0 Å². The second kappa shape index (κ2) is 7.58. The molecule has 6 nitrogen and oxygen atoms in total. The normalized spacial score (nSPS) is 10.4. The van der Waals surface area contributed by atoms with E-state index in [9.17, 15) is 9.59 Å². The van der Waals surface area contributed by atoms with Crippen molar-refractivity contribution in [3.8, 4) is 5.75 Å². The summed E-state index contributed by atoms with van der Waals surface area (Å²) in [4.78, 5) is 23.1. The molecule has 0 saturated carbocycles. The first kappa shape index (κ1) is 15.2. The van der Waals surface area contributed by atoms with Gasteiger partial charge < -0.3 is 10.4 Å². The lowest BCUT2D eigenvalue weighted by Crippen LogP contribution is -2.37. The Morgan fingerprint density at radius 2 is 1.68 bits per heavy atom. The van der Waals surface area contributed by atoms with E-state index in [1.54, 1.807) is 12.1 Å². The average Bonchev–Trinajstić information content (AvgIpc) is 2.55. The number of nitrogens with one attached hydrogen (secondary N) is 2. The third-order valence-corrected chi connectivity index (χ3v) is 2.77. The Balaban J connectivity index is 1.79. The Kier molecular flexibility index (Phi) is 5.25. The van der Waals surface area contributed by atoms with Gasteiger partial charge in [-0.05, 0) is 35.4 Å². The Hall–Kier alpha value is -3.15. The van der Waals surface area contributed by atoms with E-state index < -0.39 is 11.8 Å². The number of carbonyl (C=O) groups excluding carboxylic acids is 2. The van der Waals surface area contributed by atoms with E-state index in [0.717, 1.165) is 5.56 Å². The summed E-state index contributed by atoms with van der Waals surface area (Å²) >= 11 is 0. The van der Waals surface area contributed by atoms with Gasteiger partial charge in [0.15, 0.2) is 0 Å². The average molecular weight is 297 g/mol. The highest BCUT2D eigenvalue weighted by Gasteiger charge is 2.11. The lowest BCUT2D eigenvalue weighted by atomic mass is 10.2. The van der Waals surface area contributed by atoms with Crippen LogP contribution in [0.15, 0.2) is 59.7 Å². The van der Waals surface area contributed by atoms with Crippen LogP contribution in [0.4, 0.5) is 0 Å². The lowest BCUT2D eigenvalue weighted by Gasteiger charge is -2.03. The molecular weight excluding hydrogens is 282 g/mol. The summed E-state index contributed by atoms with van der Waals surface area (Å²) in [6.07, 6.45) is 1.38. The quantitative estimate of drug-likeness (QED) is 0.449. The summed E-state index contributed by atoms with van der Waals surface area (Å²) in [7, 11) is 0. The van der Waals surface area contributed by atoms with E-state index in [2.05, 4.69) is 15.8 Å². The molecule has 0 aromatic heterocycles. The van der Waals surface area contributed by atoms with Crippen LogP contribution in [-0.4, -0.2) is 23.1 Å². The summed E-state index contributed by atoms with van der Waals surface area (Å²) < 4.78 is 0. The van der Waals surface area contributed by atoms with Gasteiger partial charge in [0.25, 0.3) is 0 Å². The zero-order chi connectivity index (χ0) is 15.8. The minimum atomic E-state index is -0.842. The molecule has 0 spiro atoms. The van der Waals surface area contributed by atoms with Gasteiger partial charge in [-0.2, -0.15) is 5.10 Å². The first-order chi connectivity index (χ1) is 10.6. The Morgan fingerprint density at radius 1 is 1.00 bits per heavy atom. The van der Waals surface area contributed by atoms with Crippen molar-refractivity contribution < 1.29 is 14.7 Å². The monoisotopic (exact) mass is 297 g/mol. The number of hydrazone groups is 1. The number of phenols is 1. The highest BCUT2D eigenvalue weighted by Crippen LogP contribution is 2.07. The maximum atomic E-state index is 11.6. The van der Waals surface area contributed by atoms with Crippen molar-refractivity contribution in [3.63, 3.8) is 0 Å². The van der Waals surface area contributed by atoms with E-state index in [1.165, 1.54) is 18.3 Å². The molecule has 0 unspecified atom stereocenters. The number of phenolic OH excluding ortho intramolecular Hbond substituents is 1. The molecule has 0 atom stereocenters. The zero-order valence-corrected chi connectivity index (χ0v) is 11.7. The van der Waals surface area contributed by atoms with E-state index in [4.69, 9.17) is 5.11 Å². The van der Waals surface area contributed by atoms with Crippen molar-refractivity contribution in [1.82, 2.24) is 10.7 Å². The molecule has 0 radical (unpaired) electrons. The molecule has 2 rings (SSSR count). The van der Waals surface area contributed by atoms with Gasteiger partial charge in [-0.1, -0.05) is 30.3 Å². The largest absolute Gasteiger partial charge is 0.508 e. The van der Waals surface area contributed by atoms with Crippen LogP contribution in [0.3, 0.4) is 0 Å². The number of benzene rings is 2. The Morgan fingerprint density at radius 3 is 2.36 bits per heavy atom. The summed E-state index contributed by atoms with van der Waals surface area (Å²) in [5.41, 5.74) is 3.72. The Labute approximate surface area is 127 Å². The molecule has 0 heterocycles. The smallest absolute Gasteiger partial charge is 0.329 e. The molecule has 0 aliphatic heterocycles. The molecule has 0 aliphatic carbocycles. The van der Waals surface area contributed by atoms with Crippen LogP contribution < -0.4 is 10.7 Å². The first-order valence-corrected chi connectivity index (χ1v) is 6.59. The van der Waals surface area contributed by atoms with Gasteiger partial charge in [0, 0.05) is 6.54 Å². The van der Waals surface area contributed by atoms with Crippen LogP contribution in [0, 0.1) is 0 Å². The molecule has 3 N–H and O–H groups in total. The van der Waals surface area contributed by atoms with Crippen LogP contribution in [0.5, 0.6) is 5.75 Å². The third kappa shape index (κ3) is 4.75. The molecule has 2 amide bonds. The maximum absolute atomic E-state index is 11.6. The number of hydrogen-bond acceptors (Lipinski definition) is 4. The number of rotatable bonds is 4. The molecule has 0 saturated heterocycles. The van der Waals surface area contributed by atoms with Crippen LogP contribution in [0.2, 0.25) is 0 Å². The highest BCUT2D eigenvalue weighted by atomic mass is 16.3. The fraction of sp³-hybridized carbons (Fsp3) is 0.0625. The van der Waals surface area contributed by atoms with Crippen molar-refractivity contribution >= 4 is 18.0 Å². The molecule has 6 heteroatoms. The number of hydrogen-bond donors (Lipinski definition) is 3. The highest BCUT2D eigenvalue weighted by molar-refractivity contribution is 6.35. The van der Waals surface area contributed by atoms with Gasteiger partial charge in [0.1, 0.15) is 5.75 Å². The molecule has 0 fully saturated rings. The SMILES string of the molecule is O=C(NCc1ccccc1)C(=O)N/N=C/c1ccc(O)cc1. The standard InChI is InChI=1S/C16H15N3O3/c20-14-8-6-13(7-9-14)11-18-19-16(22)15(21)17-10-12-4-2-1-3-5-12/h1-9,11,20H,10H2,(H,17,21)(H,19,22)/b18-11+. The van der Waals surface area contributed by atoms with Crippen LogP contribution in [-0.2, 0) is 16.1 Å². The molecule has 0 bridgehead atoms. The molecule has 2 aromatic rings. The summed E-state index contributed by atoms with van der Waals surface area (Å²) in [5, 5.41) is 15.3.